The maximum Gasteiger partial charge on any atom is 0.307 e. The summed E-state index contributed by atoms with van der Waals surface area (Å²) in [5.74, 6) is 0.106. The van der Waals surface area contributed by atoms with Gasteiger partial charge in [-0.1, -0.05) is 0 Å². The summed E-state index contributed by atoms with van der Waals surface area (Å²) in [5.41, 5.74) is 7.65. The number of fused-ring (bicyclic) bond motifs is 1. The summed E-state index contributed by atoms with van der Waals surface area (Å²) in [4.78, 5) is 13.8. The normalized spacial score (nSPS) is 10.6. The zero-order valence-corrected chi connectivity index (χ0v) is 10.1. The SMILES string of the molecule is COc1cc(N)c2c(CC(=O)O)c[nH]c2c1OC. The number of methoxy groups -OCH3 is 2. The van der Waals surface area contributed by atoms with Gasteiger partial charge in [0.1, 0.15) is 0 Å². The lowest BCUT2D eigenvalue weighted by Crippen LogP contribution is -2.00. The molecule has 0 saturated heterocycles. The molecule has 2 aromatic rings. The first-order valence-corrected chi connectivity index (χ1v) is 5.30. The first-order chi connectivity index (χ1) is 8.58. The Bertz CT molecular complexity index is 604. The highest BCUT2D eigenvalue weighted by molar-refractivity contribution is 6.01. The monoisotopic (exact) mass is 250 g/mol. The topological polar surface area (TPSA) is 97.6 Å². The number of H-pyrrole nitrogens is 1. The molecule has 0 amide bonds. The molecule has 1 heterocycles. The number of rotatable bonds is 4. The van der Waals surface area contributed by atoms with E-state index >= 15 is 0 Å². The molecule has 0 bridgehead atoms. The molecule has 0 aliphatic rings. The van der Waals surface area contributed by atoms with Crippen LogP contribution in [-0.4, -0.2) is 30.3 Å². The minimum Gasteiger partial charge on any atom is -0.493 e. The van der Waals surface area contributed by atoms with E-state index in [-0.39, 0.29) is 6.42 Å². The predicted molar refractivity (Wildman–Crippen MR) is 67.2 cm³/mol. The van der Waals surface area contributed by atoms with Gasteiger partial charge in [0.15, 0.2) is 11.5 Å². The summed E-state index contributed by atoms with van der Waals surface area (Å²) < 4.78 is 10.4. The largest absolute Gasteiger partial charge is 0.493 e. The van der Waals surface area contributed by atoms with Crippen molar-refractivity contribution in [2.45, 2.75) is 6.42 Å². The van der Waals surface area contributed by atoms with Crippen LogP contribution >= 0.6 is 0 Å². The molecule has 96 valence electrons. The Hall–Kier alpha value is -2.37. The number of nitrogens with one attached hydrogen (secondary N) is 1. The van der Waals surface area contributed by atoms with Gasteiger partial charge < -0.3 is 25.3 Å². The van der Waals surface area contributed by atoms with Crippen LogP contribution in [0.3, 0.4) is 0 Å². The van der Waals surface area contributed by atoms with E-state index in [4.69, 9.17) is 20.3 Å². The third kappa shape index (κ3) is 1.81. The zero-order chi connectivity index (χ0) is 13.3. The van der Waals surface area contributed by atoms with Crippen LogP contribution in [0.1, 0.15) is 5.56 Å². The number of carbonyl (C=O) groups is 1. The fourth-order valence-electron chi connectivity index (χ4n) is 2.03. The summed E-state index contributed by atoms with van der Waals surface area (Å²) in [6, 6.07) is 1.63. The van der Waals surface area contributed by atoms with Crippen molar-refractivity contribution >= 4 is 22.6 Å². The molecule has 0 spiro atoms. The number of aromatic nitrogens is 1. The lowest BCUT2D eigenvalue weighted by atomic mass is 10.1. The average molecular weight is 250 g/mol. The van der Waals surface area contributed by atoms with E-state index in [9.17, 15) is 4.79 Å². The van der Waals surface area contributed by atoms with E-state index in [0.717, 1.165) is 0 Å². The molecule has 6 heteroatoms. The maximum absolute atomic E-state index is 10.8. The Morgan fingerprint density at radius 2 is 2.17 bits per heavy atom. The molecule has 0 radical (unpaired) electrons. The number of hydrogen-bond donors (Lipinski definition) is 3. The van der Waals surface area contributed by atoms with Crippen molar-refractivity contribution in [3.8, 4) is 11.5 Å². The average Bonchev–Trinajstić information content (AvgIpc) is 2.72. The Kier molecular flexibility index (Phi) is 3.01. The smallest absolute Gasteiger partial charge is 0.307 e. The number of carboxylic acids is 1. The van der Waals surface area contributed by atoms with Crippen LogP contribution in [0.4, 0.5) is 5.69 Å². The van der Waals surface area contributed by atoms with Gasteiger partial charge in [0.25, 0.3) is 0 Å². The highest BCUT2D eigenvalue weighted by Gasteiger charge is 2.17. The molecule has 0 saturated carbocycles. The number of aromatic amines is 1. The number of hydrogen-bond acceptors (Lipinski definition) is 4. The number of benzene rings is 1. The molecular weight excluding hydrogens is 236 g/mol. The second-order valence-electron chi connectivity index (χ2n) is 3.84. The second-order valence-corrected chi connectivity index (χ2v) is 3.84. The summed E-state index contributed by atoms with van der Waals surface area (Å²) in [5, 5.41) is 9.51. The second kappa shape index (κ2) is 4.48. The molecular formula is C12H14N2O4. The standard InChI is InChI=1S/C12H14N2O4/c1-17-8-4-7(13)10-6(3-9(15)16)5-14-11(10)12(8)18-2/h4-5,14H,3,13H2,1-2H3,(H,15,16). The number of anilines is 1. The molecule has 0 aliphatic heterocycles. The lowest BCUT2D eigenvalue weighted by Gasteiger charge is -2.10. The predicted octanol–water partition coefficient (Wildman–Crippen LogP) is 1.39. The maximum atomic E-state index is 10.8. The van der Waals surface area contributed by atoms with Gasteiger partial charge in [-0.05, 0) is 5.56 Å². The van der Waals surface area contributed by atoms with Crippen molar-refractivity contribution in [1.29, 1.82) is 0 Å². The molecule has 0 unspecified atom stereocenters. The zero-order valence-electron chi connectivity index (χ0n) is 10.1. The molecule has 6 nitrogen and oxygen atoms in total. The summed E-state index contributed by atoms with van der Waals surface area (Å²) in [7, 11) is 3.04. The van der Waals surface area contributed by atoms with Crippen LogP contribution in [0.15, 0.2) is 12.3 Å². The van der Waals surface area contributed by atoms with Crippen LogP contribution in [-0.2, 0) is 11.2 Å². The lowest BCUT2D eigenvalue weighted by molar-refractivity contribution is -0.136. The first-order valence-electron chi connectivity index (χ1n) is 5.30. The van der Waals surface area contributed by atoms with Gasteiger partial charge in [-0.15, -0.1) is 0 Å². The van der Waals surface area contributed by atoms with Gasteiger partial charge in [0.05, 0.1) is 26.2 Å². The Labute approximate surface area is 103 Å². The van der Waals surface area contributed by atoms with Gasteiger partial charge >= 0.3 is 5.97 Å². The van der Waals surface area contributed by atoms with Crippen LogP contribution < -0.4 is 15.2 Å². The quantitative estimate of drug-likeness (QED) is 0.712. The molecule has 0 aliphatic carbocycles. The highest BCUT2D eigenvalue weighted by Crippen LogP contribution is 2.40. The van der Waals surface area contributed by atoms with Gasteiger partial charge in [0, 0.05) is 23.3 Å². The minimum atomic E-state index is -0.912. The molecule has 1 aromatic carbocycles. The number of aliphatic carboxylic acids is 1. The number of nitrogen functional groups attached to an aromatic ring is 1. The highest BCUT2D eigenvalue weighted by atomic mass is 16.5. The Balaban J connectivity index is 2.71. The molecule has 0 atom stereocenters. The van der Waals surface area contributed by atoms with Gasteiger partial charge in [-0.25, -0.2) is 0 Å². The van der Waals surface area contributed by atoms with Crippen molar-refractivity contribution < 1.29 is 19.4 Å². The van der Waals surface area contributed by atoms with Crippen molar-refractivity contribution in [2.24, 2.45) is 0 Å². The first kappa shape index (κ1) is 12.1. The van der Waals surface area contributed by atoms with Crippen molar-refractivity contribution in [3.05, 3.63) is 17.8 Å². The minimum absolute atomic E-state index is 0.0975. The van der Waals surface area contributed by atoms with Crippen molar-refractivity contribution in [1.82, 2.24) is 4.98 Å². The molecule has 4 N–H and O–H groups in total. The van der Waals surface area contributed by atoms with Gasteiger partial charge in [-0.2, -0.15) is 0 Å². The summed E-state index contributed by atoms with van der Waals surface area (Å²) in [6.07, 6.45) is 1.52. The van der Waals surface area contributed by atoms with Gasteiger partial charge in [-0.3, -0.25) is 4.79 Å². The van der Waals surface area contributed by atoms with Gasteiger partial charge in [0.2, 0.25) is 0 Å². The van der Waals surface area contributed by atoms with E-state index < -0.39 is 5.97 Å². The third-order valence-electron chi connectivity index (χ3n) is 2.75. The molecule has 18 heavy (non-hydrogen) atoms. The fraction of sp³-hybridized carbons (Fsp3) is 0.250. The Morgan fingerprint density at radius 1 is 1.44 bits per heavy atom. The number of nitrogens with two attached hydrogens (primary N) is 1. The number of ether oxygens (including phenoxy) is 2. The van der Waals surface area contributed by atoms with E-state index in [1.807, 2.05) is 0 Å². The third-order valence-corrected chi connectivity index (χ3v) is 2.75. The summed E-state index contributed by atoms with van der Waals surface area (Å²) >= 11 is 0. The fourth-order valence-corrected chi connectivity index (χ4v) is 2.03. The molecule has 1 aromatic heterocycles. The van der Waals surface area contributed by atoms with Crippen LogP contribution in [0.25, 0.3) is 10.9 Å². The van der Waals surface area contributed by atoms with Crippen molar-refractivity contribution in [2.75, 3.05) is 20.0 Å². The molecule has 0 fully saturated rings. The van der Waals surface area contributed by atoms with Crippen molar-refractivity contribution in [3.63, 3.8) is 0 Å². The molecule has 2 rings (SSSR count). The summed E-state index contributed by atoms with van der Waals surface area (Å²) in [6.45, 7) is 0. The van der Waals surface area contributed by atoms with E-state index in [1.54, 1.807) is 12.3 Å². The Morgan fingerprint density at radius 3 is 2.72 bits per heavy atom. The van der Waals surface area contributed by atoms with Crippen LogP contribution in [0.5, 0.6) is 11.5 Å². The van der Waals surface area contributed by atoms with Crippen LogP contribution in [0, 0.1) is 0 Å². The number of carboxylic acid groups (broad SMARTS) is 1. The van der Waals surface area contributed by atoms with E-state index in [0.29, 0.717) is 33.7 Å². The van der Waals surface area contributed by atoms with Crippen LogP contribution in [0.2, 0.25) is 0 Å². The van der Waals surface area contributed by atoms with E-state index in [2.05, 4.69) is 4.98 Å². The van der Waals surface area contributed by atoms with E-state index in [1.165, 1.54) is 14.2 Å².